The van der Waals surface area contributed by atoms with Crippen molar-refractivity contribution >= 4 is 29.0 Å². The molecule has 0 spiro atoms. The summed E-state index contributed by atoms with van der Waals surface area (Å²) in [7, 11) is 0. The standard InChI is InChI=1S/C20H16ClN5O/c21-16-3-1-2-14(10-16)8-9-23-20(27)18-11-19(25-13-24-18)26-17-6-4-15(12-22)5-7-17/h1-7,10-11,13H,8-9H2,(H,23,27)(H,24,25,26). The van der Waals surface area contributed by atoms with Crippen LogP contribution in [-0.2, 0) is 6.42 Å². The molecule has 3 rings (SSSR count). The van der Waals surface area contributed by atoms with Crippen LogP contribution in [0.25, 0.3) is 0 Å². The third-order valence-electron chi connectivity index (χ3n) is 3.77. The normalized spacial score (nSPS) is 10.1. The fraction of sp³-hybridized carbons (Fsp3) is 0.100. The van der Waals surface area contributed by atoms with Crippen molar-refractivity contribution in [1.82, 2.24) is 15.3 Å². The fourth-order valence-corrected chi connectivity index (χ4v) is 2.64. The number of anilines is 2. The predicted octanol–water partition coefficient (Wildman–Crippen LogP) is 3.72. The zero-order chi connectivity index (χ0) is 19.1. The summed E-state index contributed by atoms with van der Waals surface area (Å²) in [6, 6.07) is 18.1. The molecule has 0 radical (unpaired) electrons. The Morgan fingerprint density at radius 1 is 1.11 bits per heavy atom. The monoisotopic (exact) mass is 377 g/mol. The van der Waals surface area contributed by atoms with Gasteiger partial charge in [-0.1, -0.05) is 23.7 Å². The van der Waals surface area contributed by atoms with Crippen LogP contribution in [-0.4, -0.2) is 22.4 Å². The molecule has 134 valence electrons. The number of hydrogen-bond donors (Lipinski definition) is 2. The molecule has 0 aliphatic heterocycles. The average Bonchev–Trinajstić information content (AvgIpc) is 2.69. The van der Waals surface area contributed by atoms with Crippen LogP contribution in [0.1, 0.15) is 21.6 Å². The van der Waals surface area contributed by atoms with Gasteiger partial charge in [-0.15, -0.1) is 0 Å². The number of benzene rings is 2. The maximum Gasteiger partial charge on any atom is 0.270 e. The van der Waals surface area contributed by atoms with Crippen molar-refractivity contribution in [2.24, 2.45) is 0 Å². The molecule has 27 heavy (non-hydrogen) atoms. The van der Waals surface area contributed by atoms with Gasteiger partial charge in [0.15, 0.2) is 0 Å². The first-order chi connectivity index (χ1) is 13.1. The van der Waals surface area contributed by atoms with Gasteiger partial charge in [0, 0.05) is 23.3 Å². The minimum atomic E-state index is -0.276. The lowest BCUT2D eigenvalue weighted by molar-refractivity contribution is 0.0949. The lowest BCUT2D eigenvalue weighted by Crippen LogP contribution is -2.26. The van der Waals surface area contributed by atoms with Crippen molar-refractivity contribution in [3.63, 3.8) is 0 Å². The van der Waals surface area contributed by atoms with Gasteiger partial charge in [0.05, 0.1) is 11.6 Å². The van der Waals surface area contributed by atoms with Crippen LogP contribution in [0, 0.1) is 11.3 Å². The van der Waals surface area contributed by atoms with Crippen LogP contribution >= 0.6 is 11.6 Å². The molecule has 0 unspecified atom stereocenters. The van der Waals surface area contributed by atoms with E-state index in [0.717, 1.165) is 11.3 Å². The quantitative estimate of drug-likeness (QED) is 0.683. The van der Waals surface area contributed by atoms with Gasteiger partial charge in [-0.05, 0) is 48.4 Å². The van der Waals surface area contributed by atoms with Gasteiger partial charge < -0.3 is 10.6 Å². The molecule has 7 heteroatoms. The molecule has 1 heterocycles. The molecule has 0 aliphatic carbocycles. The molecule has 0 atom stereocenters. The number of aromatic nitrogens is 2. The number of halogens is 1. The molecule has 0 saturated carbocycles. The molecule has 0 saturated heterocycles. The minimum absolute atomic E-state index is 0.271. The summed E-state index contributed by atoms with van der Waals surface area (Å²) in [5.74, 6) is 0.219. The van der Waals surface area contributed by atoms with Crippen LogP contribution in [0.3, 0.4) is 0 Å². The number of nitriles is 1. The van der Waals surface area contributed by atoms with Crippen molar-refractivity contribution in [3.8, 4) is 6.07 Å². The lowest BCUT2D eigenvalue weighted by atomic mass is 10.1. The highest BCUT2D eigenvalue weighted by molar-refractivity contribution is 6.30. The molecule has 0 aliphatic rings. The molecule has 0 fully saturated rings. The Morgan fingerprint density at radius 2 is 1.93 bits per heavy atom. The van der Waals surface area contributed by atoms with Crippen molar-refractivity contribution in [2.45, 2.75) is 6.42 Å². The van der Waals surface area contributed by atoms with Crippen LogP contribution < -0.4 is 10.6 Å². The molecule has 1 aromatic heterocycles. The van der Waals surface area contributed by atoms with Gasteiger partial charge in [-0.2, -0.15) is 5.26 Å². The largest absolute Gasteiger partial charge is 0.350 e. The molecule has 1 amide bonds. The topological polar surface area (TPSA) is 90.7 Å². The van der Waals surface area contributed by atoms with Crippen molar-refractivity contribution in [1.29, 1.82) is 5.26 Å². The Morgan fingerprint density at radius 3 is 2.67 bits per heavy atom. The second kappa shape index (κ2) is 8.79. The van der Waals surface area contributed by atoms with E-state index in [1.165, 1.54) is 6.33 Å². The van der Waals surface area contributed by atoms with E-state index in [4.69, 9.17) is 16.9 Å². The number of rotatable bonds is 6. The molecule has 6 nitrogen and oxygen atoms in total. The minimum Gasteiger partial charge on any atom is -0.350 e. The first kappa shape index (κ1) is 18.4. The Labute approximate surface area is 161 Å². The molecule has 2 N–H and O–H groups in total. The summed E-state index contributed by atoms with van der Waals surface area (Å²) < 4.78 is 0. The van der Waals surface area contributed by atoms with Crippen LogP contribution in [0.2, 0.25) is 5.02 Å². The third-order valence-corrected chi connectivity index (χ3v) is 4.01. The summed E-state index contributed by atoms with van der Waals surface area (Å²) >= 11 is 5.96. The highest BCUT2D eigenvalue weighted by Crippen LogP contribution is 2.15. The van der Waals surface area contributed by atoms with Crippen LogP contribution in [0.5, 0.6) is 0 Å². The number of nitrogens with zero attached hydrogens (tertiary/aromatic N) is 3. The van der Waals surface area contributed by atoms with Crippen molar-refractivity contribution in [3.05, 3.63) is 82.8 Å². The molecule has 2 aromatic carbocycles. The number of carbonyl (C=O) groups excluding carboxylic acids is 1. The fourth-order valence-electron chi connectivity index (χ4n) is 2.43. The molecule has 0 bridgehead atoms. The zero-order valence-corrected chi connectivity index (χ0v) is 15.1. The SMILES string of the molecule is N#Cc1ccc(Nc2cc(C(=O)NCCc3cccc(Cl)c3)ncn2)cc1. The Kier molecular flexibility index (Phi) is 5.98. The summed E-state index contributed by atoms with van der Waals surface area (Å²) in [4.78, 5) is 20.4. The Bertz CT molecular complexity index is 982. The van der Waals surface area contributed by atoms with Gasteiger partial charge >= 0.3 is 0 Å². The highest BCUT2D eigenvalue weighted by atomic mass is 35.5. The number of hydrogen-bond acceptors (Lipinski definition) is 5. The van der Waals surface area contributed by atoms with E-state index < -0.39 is 0 Å². The Hall–Kier alpha value is -3.43. The van der Waals surface area contributed by atoms with Gasteiger partial charge in [0.2, 0.25) is 0 Å². The summed E-state index contributed by atoms with van der Waals surface area (Å²) in [6.45, 7) is 0.474. The number of amides is 1. The van der Waals surface area contributed by atoms with Crippen molar-refractivity contribution in [2.75, 3.05) is 11.9 Å². The maximum absolute atomic E-state index is 12.3. The maximum atomic E-state index is 12.3. The van der Waals surface area contributed by atoms with E-state index in [9.17, 15) is 4.79 Å². The Balaban J connectivity index is 1.58. The van der Waals surface area contributed by atoms with E-state index in [-0.39, 0.29) is 11.6 Å². The summed E-state index contributed by atoms with van der Waals surface area (Å²) in [6.07, 6.45) is 2.01. The van der Waals surface area contributed by atoms with E-state index in [2.05, 4.69) is 26.7 Å². The molecule has 3 aromatic rings. The van der Waals surface area contributed by atoms with E-state index in [1.54, 1.807) is 30.3 Å². The second-order valence-electron chi connectivity index (χ2n) is 5.74. The average molecular weight is 378 g/mol. The first-order valence-electron chi connectivity index (χ1n) is 8.26. The summed E-state index contributed by atoms with van der Waals surface area (Å²) in [5, 5.41) is 15.4. The van der Waals surface area contributed by atoms with E-state index >= 15 is 0 Å². The first-order valence-corrected chi connectivity index (χ1v) is 8.64. The van der Waals surface area contributed by atoms with E-state index in [0.29, 0.717) is 29.4 Å². The number of nitrogens with one attached hydrogen (secondary N) is 2. The van der Waals surface area contributed by atoms with E-state index in [1.807, 2.05) is 24.3 Å². The van der Waals surface area contributed by atoms with Gasteiger partial charge in [0.1, 0.15) is 17.8 Å². The number of carbonyl (C=O) groups is 1. The lowest BCUT2D eigenvalue weighted by Gasteiger charge is -2.08. The van der Waals surface area contributed by atoms with Gasteiger partial charge in [0.25, 0.3) is 5.91 Å². The summed E-state index contributed by atoms with van der Waals surface area (Å²) in [5.41, 5.74) is 2.66. The van der Waals surface area contributed by atoms with Gasteiger partial charge in [-0.25, -0.2) is 9.97 Å². The van der Waals surface area contributed by atoms with Crippen LogP contribution in [0.15, 0.2) is 60.9 Å². The smallest absolute Gasteiger partial charge is 0.270 e. The highest BCUT2D eigenvalue weighted by Gasteiger charge is 2.08. The zero-order valence-electron chi connectivity index (χ0n) is 14.3. The van der Waals surface area contributed by atoms with Crippen LogP contribution in [0.4, 0.5) is 11.5 Å². The molecular weight excluding hydrogens is 362 g/mol. The third kappa shape index (κ3) is 5.27. The second-order valence-corrected chi connectivity index (χ2v) is 6.17. The molecular formula is C20H16ClN5O. The van der Waals surface area contributed by atoms with Gasteiger partial charge in [-0.3, -0.25) is 4.79 Å². The predicted molar refractivity (Wildman–Crippen MR) is 104 cm³/mol. The van der Waals surface area contributed by atoms with Crippen molar-refractivity contribution < 1.29 is 4.79 Å².